The number of fused-ring (bicyclic) bond motifs is 1. The highest BCUT2D eigenvalue weighted by Gasteiger charge is 2.42. The summed E-state index contributed by atoms with van der Waals surface area (Å²) in [5.41, 5.74) is 1.90. The number of nitrogens with one attached hydrogen (secondary N) is 1. The van der Waals surface area contributed by atoms with E-state index in [4.69, 9.17) is 4.74 Å². The van der Waals surface area contributed by atoms with E-state index in [1.54, 1.807) is 6.08 Å². The molecule has 0 fully saturated rings. The minimum atomic E-state index is -0.620. The van der Waals surface area contributed by atoms with Gasteiger partial charge in [-0.3, -0.25) is 10.1 Å². The Morgan fingerprint density at radius 2 is 2.35 bits per heavy atom. The molecule has 1 aliphatic carbocycles. The van der Waals surface area contributed by atoms with Gasteiger partial charge in [0.05, 0.1) is 6.61 Å². The normalized spacial score (nSPS) is 21.1. The summed E-state index contributed by atoms with van der Waals surface area (Å²) < 4.78 is 6.36. The number of rotatable bonds is 5. The SMILES string of the molecule is C=CCNC1(C(=O)OCC)CCc2cc(Br)ccc2C1. The van der Waals surface area contributed by atoms with E-state index in [-0.39, 0.29) is 5.97 Å². The van der Waals surface area contributed by atoms with Gasteiger partial charge in [-0.15, -0.1) is 6.58 Å². The van der Waals surface area contributed by atoms with Crippen LogP contribution in [0.4, 0.5) is 0 Å². The highest BCUT2D eigenvalue weighted by Crippen LogP contribution is 2.31. The molecule has 4 heteroatoms. The van der Waals surface area contributed by atoms with Crippen molar-refractivity contribution in [2.24, 2.45) is 0 Å². The number of ether oxygens (including phenoxy) is 1. The Kier molecular flexibility index (Phi) is 5.00. The van der Waals surface area contributed by atoms with Gasteiger partial charge in [0, 0.05) is 17.4 Å². The first-order valence-corrected chi connectivity index (χ1v) is 7.71. The van der Waals surface area contributed by atoms with Crippen molar-refractivity contribution in [1.82, 2.24) is 5.32 Å². The highest BCUT2D eigenvalue weighted by molar-refractivity contribution is 9.10. The Bertz CT molecular complexity index is 515. The molecule has 1 aliphatic rings. The lowest BCUT2D eigenvalue weighted by atomic mass is 9.78. The predicted molar refractivity (Wildman–Crippen MR) is 83.7 cm³/mol. The van der Waals surface area contributed by atoms with E-state index in [0.29, 0.717) is 19.6 Å². The fourth-order valence-electron chi connectivity index (χ4n) is 2.70. The van der Waals surface area contributed by atoms with Crippen LogP contribution >= 0.6 is 15.9 Å². The summed E-state index contributed by atoms with van der Waals surface area (Å²) in [7, 11) is 0. The fourth-order valence-corrected chi connectivity index (χ4v) is 3.10. The maximum absolute atomic E-state index is 12.4. The van der Waals surface area contributed by atoms with E-state index in [1.165, 1.54) is 11.1 Å². The maximum atomic E-state index is 12.4. The molecule has 20 heavy (non-hydrogen) atoms. The number of halogens is 1. The molecule has 0 radical (unpaired) electrons. The van der Waals surface area contributed by atoms with Crippen LogP contribution in [0.3, 0.4) is 0 Å². The Labute approximate surface area is 128 Å². The van der Waals surface area contributed by atoms with E-state index >= 15 is 0 Å². The van der Waals surface area contributed by atoms with Gasteiger partial charge in [0.1, 0.15) is 5.54 Å². The molecule has 0 aliphatic heterocycles. The highest BCUT2D eigenvalue weighted by atomic mass is 79.9. The van der Waals surface area contributed by atoms with E-state index in [9.17, 15) is 4.79 Å². The molecular weight excluding hydrogens is 318 g/mol. The first-order valence-electron chi connectivity index (χ1n) is 6.92. The third-order valence-electron chi connectivity index (χ3n) is 3.73. The van der Waals surface area contributed by atoms with Gasteiger partial charge in [-0.2, -0.15) is 0 Å². The minimum absolute atomic E-state index is 0.157. The van der Waals surface area contributed by atoms with Crippen LogP contribution in [0.1, 0.15) is 24.5 Å². The van der Waals surface area contributed by atoms with Crippen LogP contribution in [0.5, 0.6) is 0 Å². The second-order valence-electron chi connectivity index (χ2n) is 5.06. The summed E-state index contributed by atoms with van der Waals surface area (Å²) in [6, 6.07) is 6.24. The molecule has 0 saturated heterocycles. The number of hydrogen-bond donors (Lipinski definition) is 1. The summed E-state index contributed by atoms with van der Waals surface area (Å²) in [6.45, 7) is 6.57. The number of hydrogen-bond acceptors (Lipinski definition) is 3. The van der Waals surface area contributed by atoms with Crippen LogP contribution in [0.15, 0.2) is 35.3 Å². The van der Waals surface area contributed by atoms with Crippen molar-refractivity contribution < 1.29 is 9.53 Å². The average Bonchev–Trinajstić information content (AvgIpc) is 2.45. The zero-order chi connectivity index (χ0) is 14.6. The van der Waals surface area contributed by atoms with Crippen molar-refractivity contribution in [3.63, 3.8) is 0 Å². The number of carbonyl (C=O) groups is 1. The van der Waals surface area contributed by atoms with Crippen LogP contribution in [-0.2, 0) is 22.4 Å². The summed E-state index contributed by atoms with van der Waals surface area (Å²) in [5, 5.41) is 3.32. The second kappa shape index (κ2) is 6.55. The van der Waals surface area contributed by atoms with Crippen LogP contribution in [-0.4, -0.2) is 24.7 Å². The zero-order valence-electron chi connectivity index (χ0n) is 11.7. The monoisotopic (exact) mass is 337 g/mol. The van der Waals surface area contributed by atoms with Crippen molar-refractivity contribution in [3.05, 3.63) is 46.5 Å². The van der Waals surface area contributed by atoms with Crippen LogP contribution in [0, 0.1) is 0 Å². The van der Waals surface area contributed by atoms with Crippen molar-refractivity contribution in [2.75, 3.05) is 13.2 Å². The van der Waals surface area contributed by atoms with E-state index in [0.717, 1.165) is 17.3 Å². The summed E-state index contributed by atoms with van der Waals surface area (Å²) in [5.74, 6) is -0.157. The zero-order valence-corrected chi connectivity index (χ0v) is 13.3. The lowest BCUT2D eigenvalue weighted by molar-refractivity contribution is -0.151. The topological polar surface area (TPSA) is 38.3 Å². The smallest absolute Gasteiger partial charge is 0.326 e. The van der Waals surface area contributed by atoms with Gasteiger partial charge in [-0.05, 0) is 43.0 Å². The van der Waals surface area contributed by atoms with Crippen LogP contribution < -0.4 is 5.32 Å². The molecule has 1 atom stereocenters. The molecule has 1 unspecified atom stereocenters. The molecule has 0 amide bonds. The molecule has 0 heterocycles. The molecule has 108 valence electrons. The number of carbonyl (C=O) groups excluding carboxylic acids is 1. The van der Waals surface area contributed by atoms with Crippen molar-refractivity contribution in [3.8, 4) is 0 Å². The van der Waals surface area contributed by atoms with Gasteiger partial charge in [-0.1, -0.05) is 28.1 Å². The molecule has 2 rings (SSSR count). The van der Waals surface area contributed by atoms with Crippen molar-refractivity contribution in [2.45, 2.75) is 31.7 Å². The van der Waals surface area contributed by atoms with Gasteiger partial charge in [0.25, 0.3) is 0 Å². The Balaban J connectivity index is 2.28. The molecular formula is C16H20BrNO2. The van der Waals surface area contributed by atoms with Gasteiger partial charge >= 0.3 is 5.97 Å². The molecule has 1 aromatic rings. The minimum Gasteiger partial charge on any atom is -0.465 e. The first kappa shape index (κ1) is 15.3. The van der Waals surface area contributed by atoms with E-state index in [2.05, 4.69) is 40.0 Å². The van der Waals surface area contributed by atoms with Gasteiger partial charge in [0.15, 0.2) is 0 Å². The molecule has 0 saturated carbocycles. The molecule has 1 aromatic carbocycles. The van der Waals surface area contributed by atoms with E-state index < -0.39 is 5.54 Å². The third-order valence-corrected chi connectivity index (χ3v) is 4.23. The summed E-state index contributed by atoms with van der Waals surface area (Å²) >= 11 is 3.49. The van der Waals surface area contributed by atoms with Gasteiger partial charge in [-0.25, -0.2) is 0 Å². The Hall–Kier alpha value is -1.13. The molecule has 1 N–H and O–H groups in total. The number of aryl methyl sites for hydroxylation is 1. The molecule has 0 spiro atoms. The largest absolute Gasteiger partial charge is 0.465 e. The second-order valence-corrected chi connectivity index (χ2v) is 5.98. The lowest BCUT2D eigenvalue weighted by Crippen LogP contribution is -2.56. The van der Waals surface area contributed by atoms with Crippen molar-refractivity contribution in [1.29, 1.82) is 0 Å². The first-order chi connectivity index (χ1) is 9.61. The third kappa shape index (κ3) is 3.13. The van der Waals surface area contributed by atoms with Gasteiger partial charge in [0.2, 0.25) is 0 Å². The Morgan fingerprint density at radius 1 is 1.55 bits per heavy atom. The predicted octanol–water partition coefficient (Wildman–Crippen LogP) is 3.02. The molecule has 0 aromatic heterocycles. The maximum Gasteiger partial charge on any atom is 0.326 e. The van der Waals surface area contributed by atoms with Crippen molar-refractivity contribution >= 4 is 21.9 Å². The fraction of sp³-hybridized carbons (Fsp3) is 0.438. The quantitative estimate of drug-likeness (QED) is 0.663. The number of benzene rings is 1. The van der Waals surface area contributed by atoms with Crippen LogP contribution in [0.2, 0.25) is 0 Å². The number of esters is 1. The average molecular weight is 338 g/mol. The summed E-state index contributed by atoms with van der Waals surface area (Å²) in [4.78, 5) is 12.4. The molecule has 3 nitrogen and oxygen atoms in total. The van der Waals surface area contributed by atoms with Gasteiger partial charge < -0.3 is 4.74 Å². The van der Waals surface area contributed by atoms with E-state index in [1.807, 2.05) is 13.0 Å². The standard InChI is InChI=1S/C16H20BrNO2/c1-3-9-18-16(15(19)20-4-2)8-7-12-10-14(17)6-5-13(12)11-16/h3,5-6,10,18H,1,4,7-9,11H2,2H3. The molecule has 0 bridgehead atoms. The Morgan fingerprint density at radius 3 is 3.05 bits per heavy atom. The summed E-state index contributed by atoms with van der Waals surface area (Å²) in [6.07, 6.45) is 4.07. The van der Waals surface area contributed by atoms with Crippen LogP contribution in [0.25, 0.3) is 0 Å². The lowest BCUT2D eigenvalue weighted by Gasteiger charge is -2.36.